The molecular formula is C37H36ClF3N6O4. The Morgan fingerprint density at radius 1 is 1.10 bits per heavy atom. The van der Waals surface area contributed by atoms with Crippen LogP contribution in [0.5, 0.6) is 5.88 Å². The number of rotatable bonds is 8. The number of anilines is 2. The van der Waals surface area contributed by atoms with Crippen molar-refractivity contribution in [3.63, 3.8) is 0 Å². The average molecular weight is 721 g/mol. The number of methoxy groups -OCH3 is 1. The van der Waals surface area contributed by atoms with Gasteiger partial charge in [-0.1, -0.05) is 41.9 Å². The van der Waals surface area contributed by atoms with Crippen molar-refractivity contribution in [3.05, 3.63) is 92.5 Å². The SMILES string of the molecule is COc1nc(-c2cccc(-c3cccc(Nc4nc(C(F)(F)F)cc5cnn(C)c(=O)c45)c3C)c2Cl)cc2c1C(CN[C@@H]1CCOC[C@H]1O)CC2. The second kappa shape index (κ2) is 13.9. The molecule has 51 heavy (non-hydrogen) atoms. The number of nitrogens with one attached hydrogen (secondary N) is 2. The summed E-state index contributed by atoms with van der Waals surface area (Å²) in [5.41, 5.74) is 4.35. The van der Waals surface area contributed by atoms with Crippen LogP contribution < -0.4 is 20.9 Å². The highest BCUT2D eigenvalue weighted by molar-refractivity contribution is 6.36. The quantitative estimate of drug-likeness (QED) is 0.164. The van der Waals surface area contributed by atoms with Crippen molar-refractivity contribution in [1.29, 1.82) is 0 Å². The van der Waals surface area contributed by atoms with E-state index >= 15 is 0 Å². The lowest BCUT2D eigenvalue weighted by atomic mass is 9.95. The van der Waals surface area contributed by atoms with Crippen molar-refractivity contribution in [2.75, 3.05) is 32.2 Å². The van der Waals surface area contributed by atoms with Gasteiger partial charge in [0, 0.05) is 59.9 Å². The predicted molar refractivity (Wildman–Crippen MR) is 189 cm³/mol. The first-order valence-corrected chi connectivity index (χ1v) is 17.0. The Morgan fingerprint density at radius 2 is 1.86 bits per heavy atom. The summed E-state index contributed by atoms with van der Waals surface area (Å²) in [6, 6.07) is 13.8. The van der Waals surface area contributed by atoms with E-state index in [1.54, 1.807) is 19.2 Å². The zero-order chi connectivity index (χ0) is 36.0. The molecule has 3 N–H and O–H groups in total. The molecule has 0 radical (unpaired) electrons. The van der Waals surface area contributed by atoms with Gasteiger partial charge in [0.1, 0.15) is 11.5 Å². The Balaban J connectivity index is 1.22. The number of aliphatic hydroxyl groups is 1. The average Bonchev–Trinajstić information content (AvgIpc) is 3.52. The molecule has 4 heterocycles. The fraction of sp³-hybridized carbons (Fsp3) is 0.351. The van der Waals surface area contributed by atoms with E-state index in [9.17, 15) is 23.1 Å². The molecule has 2 aromatic carbocycles. The normalized spacial score (nSPS) is 18.9. The van der Waals surface area contributed by atoms with Crippen molar-refractivity contribution < 1.29 is 27.8 Å². The molecule has 7 rings (SSSR count). The van der Waals surface area contributed by atoms with E-state index < -0.39 is 23.5 Å². The molecule has 3 aromatic heterocycles. The molecule has 1 unspecified atom stereocenters. The van der Waals surface area contributed by atoms with Crippen LogP contribution in [0.2, 0.25) is 5.02 Å². The van der Waals surface area contributed by atoms with Crippen LogP contribution in [-0.2, 0) is 24.4 Å². The molecule has 3 atom stereocenters. The molecule has 1 fully saturated rings. The Morgan fingerprint density at radius 3 is 2.63 bits per heavy atom. The highest BCUT2D eigenvalue weighted by Crippen LogP contribution is 2.44. The van der Waals surface area contributed by atoms with Crippen LogP contribution in [0.25, 0.3) is 33.2 Å². The molecule has 0 spiro atoms. The molecule has 0 bridgehead atoms. The Labute approximate surface area is 296 Å². The Hall–Kier alpha value is -4.56. The summed E-state index contributed by atoms with van der Waals surface area (Å²) in [5.74, 6) is 0.478. The van der Waals surface area contributed by atoms with E-state index in [1.807, 2.05) is 31.2 Å². The number of hydrogen-bond donors (Lipinski definition) is 3. The second-order valence-electron chi connectivity index (χ2n) is 12.9. The van der Waals surface area contributed by atoms with Crippen molar-refractivity contribution >= 4 is 33.9 Å². The number of aromatic nitrogens is 4. The first-order chi connectivity index (χ1) is 24.4. The van der Waals surface area contributed by atoms with Crippen LogP contribution in [0, 0.1) is 6.92 Å². The van der Waals surface area contributed by atoms with Crippen molar-refractivity contribution in [1.82, 2.24) is 25.1 Å². The van der Waals surface area contributed by atoms with Gasteiger partial charge >= 0.3 is 6.18 Å². The number of pyridine rings is 2. The zero-order valence-electron chi connectivity index (χ0n) is 28.1. The largest absolute Gasteiger partial charge is 0.481 e. The molecule has 10 nitrogen and oxygen atoms in total. The van der Waals surface area contributed by atoms with Crippen molar-refractivity contribution in [3.8, 4) is 28.3 Å². The molecule has 1 aliphatic heterocycles. The van der Waals surface area contributed by atoms with Gasteiger partial charge in [0.2, 0.25) is 5.88 Å². The Bertz CT molecular complexity index is 2190. The smallest absolute Gasteiger partial charge is 0.433 e. The van der Waals surface area contributed by atoms with E-state index in [0.717, 1.165) is 46.7 Å². The highest BCUT2D eigenvalue weighted by atomic mass is 35.5. The highest BCUT2D eigenvalue weighted by Gasteiger charge is 2.34. The molecule has 14 heteroatoms. The van der Waals surface area contributed by atoms with E-state index in [-0.39, 0.29) is 28.6 Å². The third kappa shape index (κ3) is 6.66. The zero-order valence-corrected chi connectivity index (χ0v) is 28.9. The molecule has 5 aromatic rings. The number of alkyl halides is 3. The summed E-state index contributed by atoms with van der Waals surface area (Å²) in [6.45, 7) is 3.45. The minimum atomic E-state index is -4.74. The molecule has 1 aliphatic carbocycles. The number of aryl methyl sites for hydroxylation is 2. The number of hydrogen-bond acceptors (Lipinski definition) is 9. The van der Waals surface area contributed by atoms with Gasteiger partial charge < -0.3 is 25.2 Å². The van der Waals surface area contributed by atoms with Gasteiger partial charge in [-0.3, -0.25) is 4.79 Å². The van der Waals surface area contributed by atoms with E-state index in [4.69, 9.17) is 26.1 Å². The minimum absolute atomic E-state index is 0.0128. The number of fused-ring (bicyclic) bond motifs is 2. The maximum Gasteiger partial charge on any atom is 0.433 e. The van der Waals surface area contributed by atoms with Gasteiger partial charge in [-0.25, -0.2) is 14.6 Å². The summed E-state index contributed by atoms with van der Waals surface area (Å²) < 4.78 is 53.7. The predicted octanol–water partition coefficient (Wildman–Crippen LogP) is 6.56. The molecule has 2 aliphatic rings. The van der Waals surface area contributed by atoms with Gasteiger partial charge in [0.25, 0.3) is 5.56 Å². The van der Waals surface area contributed by atoms with Gasteiger partial charge in [-0.2, -0.15) is 18.3 Å². The first kappa shape index (κ1) is 34.9. The summed E-state index contributed by atoms with van der Waals surface area (Å²) in [6.07, 6.45) is -1.57. The first-order valence-electron chi connectivity index (χ1n) is 16.6. The van der Waals surface area contributed by atoms with Gasteiger partial charge in [0.05, 0.1) is 42.1 Å². The monoisotopic (exact) mass is 720 g/mol. The second-order valence-corrected chi connectivity index (χ2v) is 13.3. The van der Waals surface area contributed by atoms with Crippen LogP contribution >= 0.6 is 11.6 Å². The van der Waals surface area contributed by atoms with Gasteiger partial charge in [-0.05, 0) is 61.1 Å². The van der Waals surface area contributed by atoms with E-state index in [1.165, 1.54) is 13.2 Å². The lowest BCUT2D eigenvalue weighted by Crippen LogP contribution is -2.47. The van der Waals surface area contributed by atoms with Crippen LogP contribution in [-0.4, -0.2) is 63.9 Å². The summed E-state index contributed by atoms with van der Waals surface area (Å²) >= 11 is 7.14. The van der Waals surface area contributed by atoms with E-state index in [0.29, 0.717) is 58.7 Å². The fourth-order valence-corrected chi connectivity index (χ4v) is 7.40. The van der Waals surface area contributed by atoms with Gasteiger partial charge in [0.15, 0.2) is 0 Å². The molecule has 1 saturated heterocycles. The molecule has 0 saturated carbocycles. The van der Waals surface area contributed by atoms with Crippen LogP contribution in [0.3, 0.4) is 0 Å². The number of ether oxygens (including phenoxy) is 2. The lowest BCUT2D eigenvalue weighted by molar-refractivity contribution is -0.141. The summed E-state index contributed by atoms with van der Waals surface area (Å²) in [5, 5.41) is 21.2. The number of nitrogens with zero attached hydrogens (tertiary/aromatic N) is 4. The fourth-order valence-electron chi connectivity index (χ4n) is 7.07. The molecule has 0 amide bonds. The molecule has 266 valence electrons. The number of aliphatic hydroxyl groups excluding tert-OH is 1. The minimum Gasteiger partial charge on any atom is -0.481 e. The maximum absolute atomic E-state index is 13.8. The third-order valence-corrected chi connectivity index (χ3v) is 10.2. The molecular weight excluding hydrogens is 685 g/mol. The van der Waals surface area contributed by atoms with Gasteiger partial charge in [-0.15, -0.1) is 0 Å². The third-order valence-electron chi connectivity index (χ3n) is 9.80. The van der Waals surface area contributed by atoms with Crippen molar-refractivity contribution in [2.24, 2.45) is 7.05 Å². The van der Waals surface area contributed by atoms with Crippen LogP contribution in [0.15, 0.2) is 59.5 Å². The van der Waals surface area contributed by atoms with Crippen LogP contribution in [0.4, 0.5) is 24.7 Å². The lowest BCUT2D eigenvalue weighted by Gasteiger charge is -2.29. The summed E-state index contributed by atoms with van der Waals surface area (Å²) in [7, 11) is 3.03. The maximum atomic E-state index is 13.8. The number of benzene rings is 2. The summed E-state index contributed by atoms with van der Waals surface area (Å²) in [4.78, 5) is 21.8. The van der Waals surface area contributed by atoms with Crippen LogP contribution in [0.1, 0.15) is 41.1 Å². The Kier molecular flexibility index (Phi) is 9.48. The van der Waals surface area contributed by atoms with Crippen molar-refractivity contribution in [2.45, 2.75) is 50.4 Å². The standard InChI is InChI=1S/C37H36ClF3N6O4/c1-19-23(6-5-9-26(19)44-34-32-22(17-43-47(2)36(32)49)15-30(46-34)37(39,40)41)24-7-4-8-25(33(24)38)28-14-20-10-11-21(31(20)35(45-28)50-3)16-42-27-12-13-51-18-29(27)48/h4-9,14-15,17,21,27,29,42,48H,10-13,16,18H2,1-3H3,(H,44,46)/t21?,27-,29-/m1/s1. The topological polar surface area (TPSA) is 123 Å². The number of halogens is 4. The van der Waals surface area contributed by atoms with E-state index in [2.05, 4.69) is 26.8 Å².